The fraction of sp³-hybridized carbons (Fsp3) is 0.500. The number of hydrogen-bond acceptors (Lipinski definition) is 6. The van der Waals surface area contributed by atoms with Crippen molar-refractivity contribution in [1.29, 1.82) is 0 Å². The van der Waals surface area contributed by atoms with Gasteiger partial charge < -0.3 is 15.1 Å². The van der Waals surface area contributed by atoms with E-state index in [-0.39, 0.29) is 10.6 Å². The molecule has 0 amide bonds. The lowest BCUT2D eigenvalue weighted by Crippen LogP contribution is -2.47. The largest absolute Gasteiger partial charge is 0.473 e. The molecular formula is C20H27N3O6. The van der Waals surface area contributed by atoms with Gasteiger partial charge in [-0.05, 0) is 30.7 Å². The molecule has 1 aromatic carbocycles. The number of nitro groups is 1. The smallest absolute Gasteiger partial charge is 0.414 e. The van der Waals surface area contributed by atoms with Gasteiger partial charge in [-0.2, -0.15) is 0 Å². The molecule has 3 rings (SSSR count). The topological polar surface area (TPSA) is 124 Å². The van der Waals surface area contributed by atoms with E-state index in [1.807, 2.05) is 6.07 Å². The van der Waals surface area contributed by atoms with E-state index in [0.29, 0.717) is 0 Å². The van der Waals surface area contributed by atoms with E-state index in [1.54, 1.807) is 18.2 Å². The van der Waals surface area contributed by atoms with Gasteiger partial charge in [-0.1, -0.05) is 24.3 Å². The van der Waals surface area contributed by atoms with Crippen molar-refractivity contribution in [2.45, 2.75) is 25.8 Å². The molecule has 2 aliphatic rings. The predicted molar refractivity (Wildman–Crippen MR) is 107 cm³/mol. The average molecular weight is 405 g/mol. The van der Waals surface area contributed by atoms with E-state index in [4.69, 9.17) is 19.8 Å². The first kappa shape index (κ1) is 22.5. The van der Waals surface area contributed by atoms with Gasteiger partial charge in [-0.3, -0.25) is 15.0 Å². The van der Waals surface area contributed by atoms with Crippen molar-refractivity contribution in [1.82, 2.24) is 9.80 Å². The zero-order valence-electron chi connectivity index (χ0n) is 16.3. The molecule has 9 heteroatoms. The molecule has 2 N–H and O–H groups in total. The number of rotatable bonds is 5. The Morgan fingerprint density at radius 3 is 2.28 bits per heavy atom. The molecule has 0 radical (unpaired) electrons. The zero-order valence-corrected chi connectivity index (χ0v) is 16.3. The van der Waals surface area contributed by atoms with Gasteiger partial charge in [0.2, 0.25) is 0 Å². The number of piperazine rings is 1. The molecule has 9 nitrogen and oxygen atoms in total. The SMILES string of the molecule is O=C(O)C(=O)O.O=[N+]([O-])c1cccc(CN2CCN(CC3CC=CCC3)CC2)c1. The highest BCUT2D eigenvalue weighted by molar-refractivity contribution is 6.27. The molecule has 1 unspecified atom stereocenters. The maximum atomic E-state index is 10.9. The van der Waals surface area contributed by atoms with Crippen molar-refractivity contribution in [3.05, 3.63) is 52.1 Å². The minimum Gasteiger partial charge on any atom is -0.473 e. The van der Waals surface area contributed by atoms with E-state index in [9.17, 15) is 10.1 Å². The molecule has 158 valence electrons. The van der Waals surface area contributed by atoms with Gasteiger partial charge in [0.25, 0.3) is 5.69 Å². The lowest BCUT2D eigenvalue weighted by molar-refractivity contribution is -0.384. The average Bonchev–Trinajstić information content (AvgIpc) is 2.71. The van der Waals surface area contributed by atoms with Crippen LogP contribution in [0.3, 0.4) is 0 Å². The second-order valence-electron chi connectivity index (χ2n) is 7.26. The van der Waals surface area contributed by atoms with Crippen LogP contribution in [-0.4, -0.2) is 69.6 Å². The standard InChI is InChI=1S/C18H25N3O2.C2H2O4/c22-21(23)18-8-4-7-17(13-18)15-20-11-9-19(10-12-20)14-16-5-2-1-3-6-16;3-1(4)2(5)6/h1-2,4,7-8,13,16H,3,5-6,9-12,14-15H2;(H,3,4)(H,5,6). The normalized spacial score (nSPS) is 19.8. The van der Waals surface area contributed by atoms with E-state index >= 15 is 0 Å². The number of benzene rings is 1. The summed E-state index contributed by atoms with van der Waals surface area (Å²) in [4.78, 5) is 33.7. The molecule has 1 saturated heterocycles. The summed E-state index contributed by atoms with van der Waals surface area (Å²) in [7, 11) is 0. The molecule has 29 heavy (non-hydrogen) atoms. The molecule has 0 aromatic heterocycles. The Morgan fingerprint density at radius 2 is 1.72 bits per heavy atom. The molecule has 0 spiro atoms. The summed E-state index contributed by atoms with van der Waals surface area (Å²) < 4.78 is 0. The predicted octanol–water partition coefficient (Wildman–Crippen LogP) is 2.22. The lowest BCUT2D eigenvalue weighted by atomic mass is 9.94. The third-order valence-corrected chi connectivity index (χ3v) is 5.07. The third kappa shape index (κ3) is 8.00. The van der Waals surface area contributed by atoms with Crippen molar-refractivity contribution < 1.29 is 24.7 Å². The number of non-ortho nitro benzene ring substituents is 1. The first-order valence-electron chi connectivity index (χ1n) is 9.64. The van der Waals surface area contributed by atoms with Gasteiger partial charge in [0.1, 0.15) is 0 Å². The van der Waals surface area contributed by atoms with E-state index in [1.165, 1.54) is 25.8 Å². The summed E-state index contributed by atoms with van der Waals surface area (Å²) in [6, 6.07) is 7.01. The first-order chi connectivity index (χ1) is 13.8. The van der Waals surface area contributed by atoms with Crippen molar-refractivity contribution in [2.75, 3.05) is 32.7 Å². The van der Waals surface area contributed by atoms with Crippen molar-refractivity contribution in [2.24, 2.45) is 5.92 Å². The van der Waals surface area contributed by atoms with Crippen LogP contribution in [0, 0.1) is 16.0 Å². The first-order valence-corrected chi connectivity index (χ1v) is 9.64. The highest BCUT2D eigenvalue weighted by Gasteiger charge is 2.20. The molecule has 1 aliphatic heterocycles. The van der Waals surface area contributed by atoms with Crippen LogP contribution < -0.4 is 0 Å². The van der Waals surface area contributed by atoms with Crippen LogP contribution in [0.15, 0.2) is 36.4 Å². The molecule has 1 heterocycles. The molecule has 1 fully saturated rings. The minimum atomic E-state index is -1.82. The Balaban J connectivity index is 0.000000438. The summed E-state index contributed by atoms with van der Waals surface area (Å²) in [6.45, 7) is 6.33. The molecular weight excluding hydrogens is 378 g/mol. The Hall–Kier alpha value is -2.78. The van der Waals surface area contributed by atoms with E-state index in [0.717, 1.165) is 44.2 Å². The number of hydrogen-bond donors (Lipinski definition) is 2. The Bertz CT molecular complexity index is 731. The van der Waals surface area contributed by atoms with Crippen LogP contribution in [-0.2, 0) is 16.1 Å². The second-order valence-corrected chi connectivity index (χ2v) is 7.26. The Morgan fingerprint density at radius 1 is 1.07 bits per heavy atom. The number of carboxylic acid groups (broad SMARTS) is 2. The third-order valence-electron chi connectivity index (χ3n) is 5.07. The summed E-state index contributed by atoms with van der Waals surface area (Å²) >= 11 is 0. The summed E-state index contributed by atoms with van der Waals surface area (Å²) in [5.41, 5.74) is 1.22. The van der Waals surface area contributed by atoms with E-state index in [2.05, 4.69) is 22.0 Å². The van der Waals surface area contributed by atoms with Gasteiger partial charge in [-0.15, -0.1) is 0 Å². The van der Waals surface area contributed by atoms with Gasteiger partial charge in [0.05, 0.1) is 4.92 Å². The van der Waals surface area contributed by atoms with Crippen LogP contribution in [0.1, 0.15) is 24.8 Å². The molecule has 1 aliphatic carbocycles. The summed E-state index contributed by atoms with van der Waals surface area (Å²) in [5.74, 6) is -2.83. The number of nitro benzene ring substituents is 1. The zero-order chi connectivity index (χ0) is 21.2. The highest BCUT2D eigenvalue weighted by Crippen LogP contribution is 2.20. The summed E-state index contributed by atoms with van der Waals surface area (Å²) in [5, 5.41) is 25.6. The molecule has 0 bridgehead atoms. The maximum Gasteiger partial charge on any atom is 0.414 e. The monoisotopic (exact) mass is 405 g/mol. The van der Waals surface area contributed by atoms with Crippen molar-refractivity contribution in [3.8, 4) is 0 Å². The number of aliphatic carboxylic acids is 2. The molecule has 1 aromatic rings. The van der Waals surface area contributed by atoms with Gasteiger partial charge in [0.15, 0.2) is 0 Å². The van der Waals surface area contributed by atoms with Gasteiger partial charge >= 0.3 is 11.9 Å². The maximum absolute atomic E-state index is 10.9. The van der Waals surface area contributed by atoms with Gasteiger partial charge in [0, 0.05) is 51.4 Å². The quantitative estimate of drug-likeness (QED) is 0.331. The van der Waals surface area contributed by atoms with Gasteiger partial charge in [-0.25, -0.2) is 9.59 Å². The van der Waals surface area contributed by atoms with Crippen LogP contribution in [0.2, 0.25) is 0 Å². The van der Waals surface area contributed by atoms with Crippen LogP contribution in [0.4, 0.5) is 5.69 Å². The second kappa shape index (κ2) is 11.3. The van der Waals surface area contributed by atoms with Crippen LogP contribution in [0.5, 0.6) is 0 Å². The fourth-order valence-corrected chi connectivity index (χ4v) is 3.54. The number of carboxylic acids is 2. The van der Waals surface area contributed by atoms with Crippen LogP contribution >= 0.6 is 0 Å². The fourth-order valence-electron chi connectivity index (χ4n) is 3.54. The molecule has 1 atom stereocenters. The number of allylic oxidation sites excluding steroid dienone is 2. The highest BCUT2D eigenvalue weighted by atomic mass is 16.6. The lowest BCUT2D eigenvalue weighted by Gasteiger charge is -2.36. The van der Waals surface area contributed by atoms with Crippen molar-refractivity contribution >= 4 is 17.6 Å². The minimum absolute atomic E-state index is 0.187. The van der Waals surface area contributed by atoms with Crippen molar-refractivity contribution in [3.63, 3.8) is 0 Å². The van der Waals surface area contributed by atoms with E-state index < -0.39 is 11.9 Å². The number of carbonyl (C=O) groups is 2. The summed E-state index contributed by atoms with van der Waals surface area (Å²) in [6.07, 6.45) is 8.41. The Labute approximate surface area is 169 Å². The Kier molecular flexibility index (Phi) is 8.75. The van der Waals surface area contributed by atoms with Crippen LogP contribution in [0.25, 0.3) is 0 Å². The number of nitrogens with zero attached hydrogens (tertiary/aromatic N) is 3. The molecule has 0 saturated carbocycles.